The molecule has 0 bridgehead atoms. The number of piperidine rings is 1. The first-order valence-electron chi connectivity index (χ1n) is 11.1. The van der Waals surface area contributed by atoms with Gasteiger partial charge in [0.2, 0.25) is 0 Å². The summed E-state index contributed by atoms with van der Waals surface area (Å²) in [6.07, 6.45) is -2.19. The minimum Gasteiger partial charge on any atom is -0.337 e. The first kappa shape index (κ1) is 22.8. The third-order valence-corrected chi connectivity index (χ3v) is 6.09. The molecule has 1 aliphatic heterocycles. The Hall–Kier alpha value is -4.02. The fourth-order valence-corrected chi connectivity index (χ4v) is 4.32. The molecular weight excluding hydrogens is 461 g/mol. The summed E-state index contributed by atoms with van der Waals surface area (Å²) >= 11 is 0. The first-order valence-corrected chi connectivity index (χ1v) is 11.1. The lowest BCUT2D eigenvalue weighted by Gasteiger charge is -2.31. The molecule has 11 heteroatoms. The number of amides is 1. The summed E-state index contributed by atoms with van der Waals surface area (Å²) in [4.78, 5) is 27.1. The SMILES string of the molecule is O=C(c1ccc(=O)n(Cc2ccccc2)n1)N1CCCC(c2nnc3ccc(C(F)(F)F)cn23)C1. The second-order valence-electron chi connectivity index (χ2n) is 8.49. The fourth-order valence-electron chi connectivity index (χ4n) is 4.32. The molecule has 1 atom stereocenters. The molecule has 1 aliphatic rings. The summed E-state index contributed by atoms with van der Waals surface area (Å²) in [5, 5.41) is 12.4. The maximum atomic E-state index is 13.2. The highest BCUT2D eigenvalue weighted by molar-refractivity contribution is 5.92. The number of alkyl halides is 3. The topological polar surface area (TPSA) is 85.4 Å². The van der Waals surface area contributed by atoms with Crippen LogP contribution in [0.4, 0.5) is 13.2 Å². The number of rotatable bonds is 4. The average Bonchev–Trinajstić information content (AvgIpc) is 3.29. The van der Waals surface area contributed by atoms with E-state index in [9.17, 15) is 22.8 Å². The lowest BCUT2D eigenvalue weighted by Crippen LogP contribution is -2.40. The van der Waals surface area contributed by atoms with Gasteiger partial charge in [0.15, 0.2) is 5.65 Å². The first-order chi connectivity index (χ1) is 16.8. The van der Waals surface area contributed by atoms with Crippen LogP contribution < -0.4 is 5.56 Å². The van der Waals surface area contributed by atoms with Crippen LogP contribution in [0.1, 0.15) is 46.2 Å². The van der Waals surface area contributed by atoms with E-state index < -0.39 is 11.7 Å². The van der Waals surface area contributed by atoms with E-state index >= 15 is 0 Å². The van der Waals surface area contributed by atoms with Crippen molar-refractivity contribution in [1.82, 2.24) is 29.3 Å². The maximum Gasteiger partial charge on any atom is 0.417 e. The van der Waals surface area contributed by atoms with E-state index in [4.69, 9.17) is 0 Å². The van der Waals surface area contributed by atoms with Gasteiger partial charge in [-0.15, -0.1) is 10.2 Å². The molecule has 1 unspecified atom stereocenters. The molecule has 0 aliphatic carbocycles. The smallest absolute Gasteiger partial charge is 0.337 e. The molecule has 4 heterocycles. The van der Waals surface area contributed by atoms with Crippen LogP contribution in [0.2, 0.25) is 0 Å². The number of pyridine rings is 1. The van der Waals surface area contributed by atoms with Crippen molar-refractivity contribution in [3.05, 3.63) is 93.8 Å². The van der Waals surface area contributed by atoms with Gasteiger partial charge in [-0.05, 0) is 36.6 Å². The van der Waals surface area contributed by atoms with E-state index in [1.165, 1.54) is 27.3 Å². The summed E-state index contributed by atoms with van der Waals surface area (Å²) in [5.74, 6) is -0.256. The maximum absolute atomic E-state index is 13.2. The summed E-state index contributed by atoms with van der Waals surface area (Å²) in [6, 6.07) is 14.3. The molecule has 8 nitrogen and oxygen atoms in total. The molecular formula is C24H21F3N6O2. The summed E-state index contributed by atoms with van der Waals surface area (Å²) in [6.45, 7) is 0.964. The number of hydrogen-bond acceptors (Lipinski definition) is 5. The number of hydrogen-bond donors (Lipinski definition) is 0. The molecule has 1 aromatic carbocycles. The molecule has 35 heavy (non-hydrogen) atoms. The molecule has 0 saturated carbocycles. The Labute approximate surface area is 197 Å². The second-order valence-corrected chi connectivity index (χ2v) is 8.49. The van der Waals surface area contributed by atoms with Gasteiger partial charge in [0, 0.05) is 31.3 Å². The van der Waals surface area contributed by atoms with Crippen molar-refractivity contribution in [1.29, 1.82) is 0 Å². The molecule has 1 fully saturated rings. The molecule has 0 N–H and O–H groups in total. The molecule has 180 valence electrons. The minimum atomic E-state index is -4.49. The van der Waals surface area contributed by atoms with Gasteiger partial charge in [0.1, 0.15) is 11.5 Å². The highest BCUT2D eigenvalue weighted by atomic mass is 19.4. The monoisotopic (exact) mass is 482 g/mol. The molecule has 1 saturated heterocycles. The van der Waals surface area contributed by atoms with Crippen molar-refractivity contribution in [2.24, 2.45) is 0 Å². The molecule has 4 aromatic rings. The Morgan fingerprint density at radius 2 is 1.83 bits per heavy atom. The Morgan fingerprint density at radius 1 is 1.03 bits per heavy atom. The van der Waals surface area contributed by atoms with Crippen LogP contribution in [0, 0.1) is 0 Å². The number of carbonyl (C=O) groups excluding carboxylic acids is 1. The van der Waals surface area contributed by atoms with Crippen LogP contribution in [0.5, 0.6) is 0 Å². The second kappa shape index (κ2) is 8.97. The predicted octanol–water partition coefficient (Wildman–Crippen LogP) is 3.37. The van der Waals surface area contributed by atoms with E-state index in [2.05, 4.69) is 15.3 Å². The Kier molecular flexibility index (Phi) is 5.83. The van der Waals surface area contributed by atoms with Crippen LogP contribution in [0.15, 0.2) is 65.6 Å². The van der Waals surface area contributed by atoms with Crippen molar-refractivity contribution in [3.8, 4) is 0 Å². The number of aromatic nitrogens is 5. The molecule has 3 aromatic heterocycles. The lowest BCUT2D eigenvalue weighted by molar-refractivity contribution is -0.137. The standard InChI is InChI=1S/C24H21F3N6O2/c25-24(26,27)18-8-10-20-28-29-22(32(20)15-18)17-7-4-12-31(14-17)23(35)19-9-11-21(34)33(30-19)13-16-5-2-1-3-6-16/h1-3,5-6,8-11,15,17H,4,7,12-14H2. The van der Waals surface area contributed by atoms with Gasteiger partial charge >= 0.3 is 6.18 Å². The molecule has 5 rings (SSSR count). The average molecular weight is 482 g/mol. The van der Waals surface area contributed by atoms with Gasteiger partial charge in [-0.1, -0.05) is 30.3 Å². The van der Waals surface area contributed by atoms with E-state index in [1.807, 2.05) is 30.3 Å². The molecule has 0 radical (unpaired) electrons. The highest BCUT2D eigenvalue weighted by Crippen LogP contribution is 2.31. The number of nitrogens with zero attached hydrogens (tertiary/aromatic N) is 6. The zero-order valence-corrected chi connectivity index (χ0v) is 18.5. The summed E-state index contributed by atoms with van der Waals surface area (Å²) in [7, 11) is 0. The zero-order valence-electron chi connectivity index (χ0n) is 18.5. The van der Waals surface area contributed by atoms with Crippen LogP contribution in [0.25, 0.3) is 5.65 Å². The van der Waals surface area contributed by atoms with E-state index in [1.54, 1.807) is 4.90 Å². The van der Waals surface area contributed by atoms with E-state index in [0.29, 0.717) is 30.9 Å². The summed E-state index contributed by atoms with van der Waals surface area (Å²) in [5.41, 5.74) is 0.205. The number of carbonyl (C=O) groups is 1. The predicted molar refractivity (Wildman–Crippen MR) is 120 cm³/mol. The van der Waals surface area contributed by atoms with E-state index in [-0.39, 0.29) is 36.2 Å². The van der Waals surface area contributed by atoms with Crippen LogP contribution in [-0.2, 0) is 12.7 Å². The fraction of sp³-hybridized carbons (Fsp3) is 0.292. The number of benzene rings is 1. The van der Waals surface area contributed by atoms with Crippen molar-refractivity contribution in [2.45, 2.75) is 31.5 Å². The summed E-state index contributed by atoms with van der Waals surface area (Å²) < 4.78 is 42.2. The highest BCUT2D eigenvalue weighted by Gasteiger charge is 2.33. The molecule has 1 amide bonds. The van der Waals surface area contributed by atoms with Crippen molar-refractivity contribution >= 4 is 11.6 Å². The normalized spacial score (nSPS) is 16.5. The lowest BCUT2D eigenvalue weighted by atomic mass is 9.97. The Bertz CT molecular complexity index is 1430. The zero-order chi connectivity index (χ0) is 24.6. The van der Waals surface area contributed by atoms with Crippen molar-refractivity contribution in [3.63, 3.8) is 0 Å². The van der Waals surface area contributed by atoms with Crippen molar-refractivity contribution < 1.29 is 18.0 Å². The largest absolute Gasteiger partial charge is 0.417 e. The van der Waals surface area contributed by atoms with Crippen LogP contribution in [-0.4, -0.2) is 48.3 Å². The van der Waals surface area contributed by atoms with Crippen LogP contribution >= 0.6 is 0 Å². The van der Waals surface area contributed by atoms with Crippen molar-refractivity contribution in [2.75, 3.05) is 13.1 Å². The van der Waals surface area contributed by atoms with Gasteiger partial charge in [-0.3, -0.25) is 14.0 Å². The van der Waals surface area contributed by atoms with Gasteiger partial charge in [-0.2, -0.15) is 18.3 Å². The van der Waals surface area contributed by atoms with Gasteiger partial charge in [0.25, 0.3) is 11.5 Å². The number of likely N-dealkylation sites (tertiary alicyclic amines) is 1. The minimum absolute atomic E-state index is 0.131. The number of fused-ring (bicyclic) bond motifs is 1. The molecule has 0 spiro atoms. The van der Waals surface area contributed by atoms with Gasteiger partial charge in [-0.25, -0.2) is 4.68 Å². The Morgan fingerprint density at radius 3 is 2.60 bits per heavy atom. The van der Waals surface area contributed by atoms with Gasteiger partial charge in [0.05, 0.1) is 12.1 Å². The van der Waals surface area contributed by atoms with Gasteiger partial charge < -0.3 is 4.90 Å². The number of halogens is 3. The van der Waals surface area contributed by atoms with E-state index in [0.717, 1.165) is 17.8 Å². The quantitative estimate of drug-likeness (QED) is 0.445. The third-order valence-electron chi connectivity index (χ3n) is 6.09. The van der Waals surface area contributed by atoms with Crippen LogP contribution in [0.3, 0.4) is 0 Å². The Balaban J connectivity index is 1.38. The third kappa shape index (κ3) is 4.66.